The van der Waals surface area contributed by atoms with Crippen LogP contribution in [0.2, 0.25) is 0 Å². The zero-order chi connectivity index (χ0) is 13.6. The largest absolute Gasteiger partial charge is 0.347 e. The van der Waals surface area contributed by atoms with Crippen molar-refractivity contribution in [3.05, 3.63) is 30.1 Å². The van der Waals surface area contributed by atoms with E-state index in [0.29, 0.717) is 5.69 Å². The van der Waals surface area contributed by atoms with Crippen LogP contribution in [0.5, 0.6) is 0 Å². The Morgan fingerprint density at radius 2 is 1.89 bits per heavy atom. The number of carbonyl (C=O) groups is 1. The fourth-order valence-electron chi connectivity index (χ4n) is 3.25. The van der Waals surface area contributed by atoms with Crippen molar-refractivity contribution in [3.8, 4) is 0 Å². The first-order chi connectivity index (χ1) is 8.28. The second-order valence-corrected chi connectivity index (χ2v) is 6.24. The molecule has 0 spiro atoms. The zero-order valence-corrected chi connectivity index (χ0v) is 11.4. The Kier molecular flexibility index (Phi) is 2.93. The lowest BCUT2D eigenvalue weighted by Gasteiger charge is -2.62. The second-order valence-electron chi connectivity index (χ2n) is 6.24. The first kappa shape index (κ1) is 13.0. The zero-order valence-electron chi connectivity index (χ0n) is 11.4. The third kappa shape index (κ3) is 1.81. The molecule has 1 amide bonds. The van der Waals surface area contributed by atoms with Gasteiger partial charge >= 0.3 is 0 Å². The molecule has 1 aliphatic rings. The molecule has 1 aromatic rings. The summed E-state index contributed by atoms with van der Waals surface area (Å²) in [4.78, 5) is 16.2. The van der Waals surface area contributed by atoms with Gasteiger partial charge in [-0.25, -0.2) is 0 Å². The molecule has 0 bridgehead atoms. The van der Waals surface area contributed by atoms with E-state index in [1.54, 1.807) is 18.3 Å². The van der Waals surface area contributed by atoms with Crippen LogP contribution in [0.4, 0.5) is 0 Å². The molecule has 4 nitrogen and oxygen atoms in total. The molecule has 1 saturated carbocycles. The SMILES string of the molecule is CC1(C)C(N)C(C)(C)C1NC(=O)c1ccccn1. The Bertz CT molecular complexity index is 437. The fourth-order valence-corrected chi connectivity index (χ4v) is 3.25. The number of pyridine rings is 1. The summed E-state index contributed by atoms with van der Waals surface area (Å²) in [5, 5.41) is 3.06. The maximum absolute atomic E-state index is 12.1. The minimum absolute atomic E-state index is 0.0644. The summed E-state index contributed by atoms with van der Waals surface area (Å²) < 4.78 is 0. The lowest BCUT2D eigenvalue weighted by atomic mass is 9.48. The predicted octanol–water partition coefficient (Wildman–Crippen LogP) is 1.57. The van der Waals surface area contributed by atoms with Crippen molar-refractivity contribution in [2.45, 2.75) is 39.8 Å². The Balaban J connectivity index is 2.13. The van der Waals surface area contributed by atoms with Crippen LogP contribution in [-0.4, -0.2) is 23.0 Å². The Hall–Kier alpha value is -1.42. The van der Waals surface area contributed by atoms with E-state index in [-0.39, 0.29) is 28.8 Å². The average molecular weight is 247 g/mol. The van der Waals surface area contributed by atoms with Gasteiger partial charge in [0.05, 0.1) is 0 Å². The van der Waals surface area contributed by atoms with E-state index in [1.165, 1.54) is 0 Å². The molecule has 1 aliphatic carbocycles. The van der Waals surface area contributed by atoms with Crippen LogP contribution in [-0.2, 0) is 0 Å². The first-order valence-electron chi connectivity index (χ1n) is 6.25. The van der Waals surface area contributed by atoms with Crippen molar-refractivity contribution in [1.82, 2.24) is 10.3 Å². The highest BCUT2D eigenvalue weighted by molar-refractivity contribution is 5.92. The van der Waals surface area contributed by atoms with Crippen LogP contribution in [0, 0.1) is 10.8 Å². The molecule has 3 N–H and O–H groups in total. The van der Waals surface area contributed by atoms with E-state index in [4.69, 9.17) is 5.73 Å². The number of hydrogen-bond acceptors (Lipinski definition) is 3. The molecule has 98 valence electrons. The smallest absolute Gasteiger partial charge is 0.270 e. The third-order valence-corrected chi connectivity index (χ3v) is 4.26. The molecule has 1 aromatic heterocycles. The molecular formula is C14H21N3O. The van der Waals surface area contributed by atoms with Gasteiger partial charge in [0.15, 0.2) is 0 Å². The highest BCUT2D eigenvalue weighted by Crippen LogP contribution is 2.52. The standard InChI is InChI=1S/C14H21N3O/c1-13(2)11(15)14(3,4)12(13)17-10(18)9-7-5-6-8-16-9/h5-8,11-12H,15H2,1-4H3,(H,17,18). The number of aromatic nitrogens is 1. The quantitative estimate of drug-likeness (QED) is 0.833. The number of nitrogens with two attached hydrogens (primary N) is 1. The van der Waals surface area contributed by atoms with Gasteiger partial charge in [0.1, 0.15) is 5.69 Å². The molecule has 0 saturated heterocycles. The summed E-state index contributed by atoms with van der Waals surface area (Å²) in [6.07, 6.45) is 1.62. The summed E-state index contributed by atoms with van der Waals surface area (Å²) in [5.41, 5.74) is 6.44. The molecule has 0 radical (unpaired) electrons. The van der Waals surface area contributed by atoms with Crippen LogP contribution in [0.1, 0.15) is 38.2 Å². The number of nitrogens with one attached hydrogen (secondary N) is 1. The van der Waals surface area contributed by atoms with Crippen LogP contribution < -0.4 is 11.1 Å². The normalized spacial score (nSPS) is 28.3. The second kappa shape index (κ2) is 4.05. The van der Waals surface area contributed by atoms with Gasteiger partial charge in [0, 0.05) is 29.1 Å². The molecular weight excluding hydrogens is 226 g/mol. The molecule has 4 heteroatoms. The van der Waals surface area contributed by atoms with Crippen molar-refractivity contribution < 1.29 is 4.79 Å². The van der Waals surface area contributed by atoms with E-state index < -0.39 is 0 Å². The molecule has 0 unspecified atom stereocenters. The number of nitrogens with zero attached hydrogens (tertiary/aromatic N) is 1. The molecule has 0 atom stereocenters. The average Bonchev–Trinajstić information content (AvgIpc) is 2.35. The summed E-state index contributed by atoms with van der Waals surface area (Å²) >= 11 is 0. The van der Waals surface area contributed by atoms with Crippen LogP contribution >= 0.6 is 0 Å². The Morgan fingerprint density at radius 1 is 1.28 bits per heavy atom. The van der Waals surface area contributed by atoms with E-state index >= 15 is 0 Å². The van der Waals surface area contributed by atoms with Gasteiger partial charge in [0.25, 0.3) is 5.91 Å². The maximum atomic E-state index is 12.1. The highest BCUT2D eigenvalue weighted by atomic mass is 16.2. The van der Waals surface area contributed by atoms with Gasteiger partial charge in [-0.3, -0.25) is 9.78 Å². The topological polar surface area (TPSA) is 68.0 Å². The third-order valence-electron chi connectivity index (χ3n) is 4.26. The number of rotatable bonds is 2. The number of amides is 1. The number of hydrogen-bond donors (Lipinski definition) is 2. The van der Waals surface area contributed by atoms with Gasteiger partial charge in [-0.1, -0.05) is 33.8 Å². The van der Waals surface area contributed by atoms with Gasteiger partial charge < -0.3 is 11.1 Å². The molecule has 18 heavy (non-hydrogen) atoms. The van der Waals surface area contributed by atoms with E-state index in [1.807, 2.05) is 6.07 Å². The van der Waals surface area contributed by atoms with Crippen molar-refractivity contribution in [1.29, 1.82) is 0 Å². The molecule has 1 fully saturated rings. The van der Waals surface area contributed by atoms with E-state index in [9.17, 15) is 4.79 Å². The fraction of sp³-hybridized carbons (Fsp3) is 0.571. The van der Waals surface area contributed by atoms with Gasteiger partial charge in [-0.2, -0.15) is 0 Å². The summed E-state index contributed by atoms with van der Waals surface area (Å²) in [6.45, 7) is 8.36. The molecule has 2 rings (SSSR count). The summed E-state index contributed by atoms with van der Waals surface area (Å²) in [6, 6.07) is 5.47. The monoisotopic (exact) mass is 247 g/mol. The van der Waals surface area contributed by atoms with Crippen LogP contribution in [0.25, 0.3) is 0 Å². The van der Waals surface area contributed by atoms with Crippen molar-refractivity contribution in [3.63, 3.8) is 0 Å². The molecule has 0 aromatic carbocycles. The van der Waals surface area contributed by atoms with E-state index in [2.05, 4.69) is 38.0 Å². The Morgan fingerprint density at radius 3 is 2.39 bits per heavy atom. The maximum Gasteiger partial charge on any atom is 0.270 e. The molecule has 0 aliphatic heterocycles. The van der Waals surface area contributed by atoms with Gasteiger partial charge in [-0.05, 0) is 12.1 Å². The summed E-state index contributed by atoms with van der Waals surface area (Å²) in [5.74, 6) is -0.131. The van der Waals surface area contributed by atoms with Gasteiger partial charge in [0.2, 0.25) is 0 Å². The van der Waals surface area contributed by atoms with Crippen LogP contribution in [0.3, 0.4) is 0 Å². The van der Waals surface area contributed by atoms with E-state index in [0.717, 1.165) is 0 Å². The predicted molar refractivity (Wildman–Crippen MR) is 71.0 cm³/mol. The highest BCUT2D eigenvalue weighted by Gasteiger charge is 2.60. The Labute approximate surface area is 108 Å². The van der Waals surface area contributed by atoms with Gasteiger partial charge in [-0.15, -0.1) is 0 Å². The molecule has 1 heterocycles. The van der Waals surface area contributed by atoms with Crippen molar-refractivity contribution in [2.24, 2.45) is 16.6 Å². The first-order valence-corrected chi connectivity index (χ1v) is 6.25. The van der Waals surface area contributed by atoms with Crippen molar-refractivity contribution in [2.75, 3.05) is 0 Å². The lowest BCUT2D eigenvalue weighted by Crippen LogP contribution is -2.76. The lowest BCUT2D eigenvalue weighted by molar-refractivity contribution is -0.0664. The number of carbonyl (C=O) groups excluding carboxylic acids is 1. The minimum atomic E-state index is -0.131. The minimum Gasteiger partial charge on any atom is -0.347 e. The summed E-state index contributed by atoms with van der Waals surface area (Å²) in [7, 11) is 0. The van der Waals surface area contributed by atoms with Crippen molar-refractivity contribution >= 4 is 5.91 Å². The van der Waals surface area contributed by atoms with Crippen LogP contribution in [0.15, 0.2) is 24.4 Å².